The van der Waals surface area contributed by atoms with Gasteiger partial charge in [-0.2, -0.15) is 0 Å². The van der Waals surface area contributed by atoms with Gasteiger partial charge in [-0.25, -0.2) is 4.79 Å². The summed E-state index contributed by atoms with van der Waals surface area (Å²) < 4.78 is 0. The van der Waals surface area contributed by atoms with Crippen molar-refractivity contribution in [3.63, 3.8) is 0 Å². The zero-order chi connectivity index (χ0) is 13.5. The molecule has 0 aromatic heterocycles. The maximum atomic E-state index is 12.1. The molecule has 4 nitrogen and oxygen atoms in total. The van der Waals surface area contributed by atoms with E-state index in [-0.39, 0.29) is 24.0 Å². The first-order chi connectivity index (χ1) is 9.05. The first-order valence-electron chi connectivity index (χ1n) is 7.75. The second-order valence-electron chi connectivity index (χ2n) is 7.38. The van der Waals surface area contributed by atoms with E-state index in [1.54, 1.807) is 0 Å². The summed E-state index contributed by atoms with van der Waals surface area (Å²) in [6.45, 7) is 1.62. The molecule has 4 bridgehead atoms. The first kappa shape index (κ1) is 15.9. The molecule has 0 atom stereocenters. The number of nitrogens with zero attached hydrogens (tertiary/aromatic N) is 1. The van der Waals surface area contributed by atoms with Gasteiger partial charge in [-0.1, -0.05) is 0 Å². The Bertz CT molecular complexity index is 324. The highest BCUT2D eigenvalue weighted by atomic mass is 35.5. The van der Waals surface area contributed by atoms with Gasteiger partial charge in [0.05, 0.1) is 0 Å². The third-order valence-corrected chi connectivity index (χ3v) is 5.26. The van der Waals surface area contributed by atoms with Crippen LogP contribution in [0, 0.1) is 17.8 Å². The third kappa shape index (κ3) is 3.40. The number of carbonyl (C=O) groups excluding carboxylic acids is 1. The summed E-state index contributed by atoms with van der Waals surface area (Å²) in [7, 11) is 4.05. The van der Waals surface area contributed by atoms with Crippen molar-refractivity contribution in [2.75, 3.05) is 27.2 Å². The maximum absolute atomic E-state index is 12.1. The molecule has 0 spiro atoms. The number of likely N-dealkylation sites (N-methyl/N-ethyl adjacent to an activating group) is 1. The van der Waals surface area contributed by atoms with E-state index in [0.717, 1.165) is 30.8 Å². The number of urea groups is 1. The molecule has 4 rings (SSSR count). The van der Waals surface area contributed by atoms with Gasteiger partial charge in [-0.3, -0.25) is 0 Å². The maximum Gasteiger partial charge on any atom is 0.315 e. The van der Waals surface area contributed by atoms with E-state index in [4.69, 9.17) is 0 Å². The number of nitrogens with one attached hydrogen (secondary N) is 2. The van der Waals surface area contributed by atoms with Crippen molar-refractivity contribution in [3.05, 3.63) is 0 Å². The van der Waals surface area contributed by atoms with E-state index in [1.807, 2.05) is 14.1 Å². The van der Waals surface area contributed by atoms with E-state index in [0.29, 0.717) is 0 Å². The molecule has 4 fully saturated rings. The summed E-state index contributed by atoms with van der Waals surface area (Å²) in [6, 6.07) is 0.0452. The average Bonchev–Trinajstić information content (AvgIpc) is 2.25. The Morgan fingerprint density at radius 3 is 2.05 bits per heavy atom. The van der Waals surface area contributed by atoms with Gasteiger partial charge < -0.3 is 15.5 Å². The fourth-order valence-corrected chi connectivity index (χ4v) is 4.94. The molecule has 4 saturated carbocycles. The first-order valence-corrected chi connectivity index (χ1v) is 7.75. The van der Waals surface area contributed by atoms with E-state index >= 15 is 0 Å². The summed E-state index contributed by atoms with van der Waals surface area (Å²) in [5.41, 5.74) is 0.136. The summed E-state index contributed by atoms with van der Waals surface area (Å²) in [6.07, 6.45) is 7.93. The molecule has 0 aromatic rings. The summed E-state index contributed by atoms with van der Waals surface area (Å²) >= 11 is 0. The molecule has 0 heterocycles. The summed E-state index contributed by atoms with van der Waals surface area (Å²) in [5.74, 6) is 2.65. The minimum Gasteiger partial charge on any atom is -0.337 e. The van der Waals surface area contributed by atoms with Crippen molar-refractivity contribution in [1.29, 1.82) is 0 Å². The molecule has 0 aliphatic heterocycles. The summed E-state index contributed by atoms with van der Waals surface area (Å²) in [4.78, 5) is 14.2. The van der Waals surface area contributed by atoms with Crippen molar-refractivity contribution < 1.29 is 4.79 Å². The molecular weight excluding hydrogens is 274 g/mol. The van der Waals surface area contributed by atoms with Gasteiger partial charge in [0.25, 0.3) is 0 Å². The number of amides is 2. The quantitative estimate of drug-likeness (QED) is 0.836. The van der Waals surface area contributed by atoms with Gasteiger partial charge in [-0.15, -0.1) is 12.4 Å². The Balaban J connectivity index is 0.00000147. The Hall–Kier alpha value is -0.480. The minimum absolute atomic E-state index is 0. The highest BCUT2D eigenvalue weighted by Crippen LogP contribution is 2.55. The molecule has 0 aromatic carbocycles. The zero-order valence-electron chi connectivity index (χ0n) is 12.7. The molecule has 0 saturated heterocycles. The van der Waals surface area contributed by atoms with Crippen LogP contribution in [0.4, 0.5) is 4.79 Å². The molecule has 2 amide bonds. The lowest BCUT2D eigenvalue weighted by Gasteiger charge is -2.56. The van der Waals surface area contributed by atoms with Crippen molar-refractivity contribution in [2.24, 2.45) is 17.8 Å². The van der Waals surface area contributed by atoms with E-state index in [1.165, 1.54) is 38.5 Å². The molecule has 116 valence electrons. The van der Waals surface area contributed by atoms with Crippen LogP contribution in [0.25, 0.3) is 0 Å². The second-order valence-corrected chi connectivity index (χ2v) is 7.38. The monoisotopic (exact) mass is 301 g/mol. The number of halogens is 1. The van der Waals surface area contributed by atoms with Gasteiger partial charge >= 0.3 is 6.03 Å². The fraction of sp³-hybridized carbons (Fsp3) is 0.933. The highest BCUT2D eigenvalue weighted by molar-refractivity contribution is 5.85. The lowest BCUT2D eigenvalue weighted by Crippen LogP contribution is -2.61. The SMILES string of the molecule is CN(C)CCNC(=O)NC12CC3CC(CC(C3)C1)C2.Cl. The predicted molar refractivity (Wildman–Crippen MR) is 83.2 cm³/mol. The Labute approximate surface area is 128 Å². The van der Waals surface area contributed by atoms with Gasteiger partial charge in [-0.05, 0) is 70.4 Å². The number of carbonyl (C=O) groups is 1. The smallest absolute Gasteiger partial charge is 0.315 e. The summed E-state index contributed by atoms with van der Waals surface area (Å²) in [5, 5.41) is 6.33. The number of hydrogen-bond donors (Lipinski definition) is 2. The van der Waals surface area contributed by atoms with Gasteiger partial charge in [0.15, 0.2) is 0 Å². The van der Waals surface area contributed by atoms with Crippen molar-refractivity contribution in [1.82, 2.24) is 15.5 Å². The Morgan fingerprint density at radius 1 is 1.10 bits per heavy atom. The van der Waals surface area contributed by atoms with Crippen molar-refractivity contribution in [2.45, 2.75) is 44.1 Å². The zero-order valence-corrected chi connectivity index (χ0v) is 13.5. The van der Waals surface area contributed by atoms with Crippen LogP contribution in [0.2, 0.25) is 0 Å². The Kier molecular flexibility index (Phi) is 4.85. The van der Waals surface area contributed by atoms with Crippen LogP contribution in [0.1, 0.15) is 38.5 Å². The number of rotatable bonds is 4. The van der Waals surface area contributed by atoms with Crippen LogP contribution >= 0.6 is 12.4 Å². The molecule has 2 N–H and O–H groups in total. The third-order valence-electron chi connectivity index (χ3n) is 5.26. The van der Waals surface area contributed by atoms with Gasteiger partial charge in [0.2, 0.25) is 0 Å². The standard InChI is InChI=1S/C15H27N3O.ClH/c1-18(2)4-3-16-14(19)17-15-8-11-5-12(9-15)7-13(6-11)10-15;/h11-13H,3-10H2,1-2H3,(H2,16,17,19);1H. The van der Waals surface area contributed by atoms with Crippen LogP contribution in [0.5, 0.6) is 0 Å². The average molecular weight is 302 g/mol. The molecular formula is C15H28ClN3O. The van der Waals surface area contributed by atoms with E-state index in [9.17, 15) is 4.79 Å². The lowest BCUT2D eigenvalue weighted by atomic mass is 9.53. The van der Waals surface area contributed by atoms with Crippen LogP contribution in [-0.4, -0.2) is 43.7 Å². The van der Waals surface area contributed by atoms with Gasteiger partial charge in [0, 0.05) is 18.6 Å². The largest absolute Gasteiger partial charge is 0.337 e. The molecule has 5 heteroatoms. The normalized spacial score (nSPS) is 37.6. The molecule has 4 aliphatic carbocycles. The Morgan fingerprint density at radius 2 is 1.60 bits per heavy atom. The number of hydrogen-bond acceptors (Lipinski definition) is 2. The molecule has 0 radical (unpaired) electrons. The van der Waals surface area contributed by atoms with Crippen LogP contribution in [0.15, 0.2) is 0 Å². The topological polar surface area (TPSA) is 44.4 Å². The van der Waals surface area contributed by atoms with Crippen LogP contribution in [0.3, 0.4) is 0 Å². The van der Waals surface area contributed by atoms with E-state index in [2.05, 4.69) is 15.5 Å². The van der Waals surface area contributed by atoms with Crippen LogP contribution < -0.4 is 10.6 Å². The van der Waals surface area contributed by atoms with Gasteiger partial charge in [0.1, 0.15) is 0 Å². The lowest BCUT2D eigenvalue weighted by molar-refractivity contribution is -0.0135. The second kappa shape index (κ2) is 6.10. The molecule has 4 aliphatic rings. The van der Waals surface area contributed by atoms with Crippen molar-refractivity contribution >= 4 is 18.4 Å². The van der Waals surface area contributed by atoms with E-state index < -0.39 is 0 Å². The predicted octanol–water partition coefficient (Wildman–Crippen LogP) is 2.24. The van der Waals surface area contributed by atoms with Crippen LogP contribution in [-0.2, 0) is 0 Å². The highest BCUT2D eigenvalue weighted by Gasteiger charge is 2.51. The minimum atomic E-state index is 0. The molecule has 0 unspecified atom stereocenters. The molecule has 20 heavy (non-hydrogen) atoms. The van der Waals surface area contributed by atoms with Crippen molar-refractivity contribution in [3.8, 4) is 0 Å². The fourth-order valence-electron chi connectivity index (χ4n) is 4.94.